The standard InChI is InChI=1S/C25H30ClNO5/c1-18(2)31-25(29)32-23(17-30-22-9-4-3-5-10-22)16-27-13-11-19(12-14-27)24(28)20-7-6-8-21(26)15-20/h3-10,15,18-19,23H,11-14,16-17H2,1-2H3. The topological polar surface area (TPSA) is 65.1 Å². The first-order valence-electron chi connectivity index (χ1n) is 11.0. The molecule has 2 aromatic rings. The lowest BCUT2D eigenvalue weighted by Gasteiger charge is -2.33. The van der Waals surface area contributed by atoms with Gasteiger partial charge in [-0.1, -0.05) is 41.9 Å². The second-order valence-electron chi connectivity index (χ2n) is 8.23. The summed E-state index contributed by atoms with van der Waals surface area (Å²) in [6.07, 6.45) is 0.0445. The molecule has 0 radical (unpaired) electrons. The minimum atomic E-state index is -0.701. The van der Waals surface area contributed by atoms with E-state index in [1.165, 1.54) is 0 Å². The van der Waals surface area contributed by atoms with E-state index in [9.17, 15) is 9.59 Å². The Labute approximate surface area is 194 Å². The molecule has 0 N–H and O–H groups in total. The lowest BCUT2D eigenvalue weighted by Crippen LogP contribution is -2.43. The first-order chi connectivity index (χ1) is 15.4. The van der Waals surface area contributed by atoms with Gasteiger partial charge in [0.1, 0.15) is 12.4 Å². The average molecular weight is 460 g/mol. The highest BCUT2D eigenvalue weighted by atomic mass is 35.5. The lowest BCUT2D eigenvalue weighted by atomic mass is 9.89. The van der Waals surface area contributed by atoms with Gasteiger partial charge in [-0.2, -0.15) is 0 Å². The molecule has 1 aliphatic heterocycles. The number of piperidine rings is 1. The SMILES string of the molecule is CC(C)OC(=O)OC(COc1ccccc1)CN1CCC(C(=O)c2cccc(Cl)c2)CC1. The summed E-state index contributed by atoms with van der Waals surface area (Å²) in [4.78, 5) is 27.1. The first-order valence-corrected chi connectivity index (χ1v) is 11.4. The number of Topliss-reactive ketones (excluding diaryl/α,β-unsaturated/α-hetero) is 1. The van der Waals surface area contributed by atoms with Crippen molar-refractivity contribution in [3.63, 3.8) is 0 Å². The van der Waals surface area contributed by atoms with Gasteiger partial charge in [0, 0.05) is 23.0 Å². The van der Waals surface area contributed by atoms with E-state index in [0.29, 0.717) is 22.9 Å². The third kappa shape index (κ3) is 7.53. The number of halogens is 1. The quantitative estimate of drug-likeness (QED) is 0.377. The Morgan fingerprint density at radius 3 is 2.41 bits per heavy atom. The first kappa shape index (κ1) is 24.1. The molecule has 172 valence electrons. The highest BCUT2D eigenvalue weighted by Gasteiger charge is 2.28. The minimum Gasteiger partial charge on any atom is -0.490 e. The van der Waals surface area contributed by atoms with Crippen molar-refractivity contribution in [3.05, 3.63) is 65.2 Å². The van der Waals surface area contributed by atoms with Gasteiger partial charge in [-0.25, -0.2) is 4.79 Å². The maximum absolute atomic E-state index is 12.8. The van der Waals surface area contributed by atoms with Crippen LogP contribution in [-0.4, -0.2) is 55.3 Å². The van der Waals surface area contributed by atoms with E-state index in [4.69, 9.17) is 25.8 Å². The van der Waals surface area contributed by atoms with Crippen LogP contribution in [0.25, 0.3) is 0 Å². The molecule has 1 fully saturated rings. The van der Waals surface area contributed by atoms with E-state index >= 15 is 0 Å². The van der Waals surface area contributed by atoms with E-state index in [2.05, 4.69) is 4.90 Å². The van der Waals surface area contributed by atoms with Crippen molar-refractivity contribution in [2.24, 2.45) is 5.92 Å². The van der Waals surface area contributed by atoms with E-state index in [1.54, 1.807) is 32.0 Å². The number of ether oxygens (including phenoxy) is 3. The molecule has 1 unspecified atom stereocenters. The van der Waals surface area contributed by atoms with Gasteiger partial charge >= 0.3 is 6.16 Å². The summed E-state index contributed by atoms with van der Waals surface area (Å²) in [6.45, 7) is 5.76. The van der Waals surface area contributed by atoms with Crippen LogP contribution in [0, 0.1) is 5.92 Å². The summed E-state index contributed by atoms with van der Waals surface area (Å²) in [5.74, 6) is 0.813. The van der Waals surface area contributed by atoms with Crippen LogP contribution in [0.5, 0.6) is 5.75 Å². The second kappa shape index (κ2) is 11.9. The van der Waals surface area contributed by atoms with E-state index in [1.807, 2.05) is 36.4 Å². The fourth-order valence-corrected chi connectivity index (χ4v) is 3.92. The van der Waals surface area contributed by atoms with Crippen LogP contribution in [0.3, 0.4) is 0 Å². The number of nitrogens with zero attached hydrogens (tertiary/aromatic N) is 1. The van der Waals surface area contributed by atoms with Crippen molar-refractivity contribution in [1.82, 2.24) is 4.90 Å². The second-order valence-corrected chi connectivity index (χ2v) is 8.67. The third-order valence-corrected chi connectivity index (χ3v) is 5.54. The van der Waals surface area contributed by atoms with Gasteiger partial charge in [0.05, 0.1) is 6.10 Å². The molecule has 0 spiro atoms. The molecule has 0 bridgehead atoms. The summed E-state index contributed by atoms with van der Waals surface area (Å²) >= 11 is 6.03. The maximum Gasteiger partial charge on any atom is 0.508 e. The molecule has 1 saturated heterocycles. The fraction of sp³-hybridized carbons (Fsp3) is 0.440. The number of likely N-dealkylation sites (tertiary alicyclic amines) is 1. The molecule has 0 aromatic heterocycles. The van der Waals surface area contributed by atoms with Crippen molar-refractivity contribution < 1.29 is 23.8 Å². The number of hydrogen-bond acceptors (Lipinski definition) is 6. The van der Waals surface area contributed by atoms with E-state index in [0.717, 1.165) is 25.9 Å². The molecule has 0 amide bonds. The highest BCUT2D eigenvalue weighted by molar-refractivity contribution is 6.31. The van der Waals surface area contributed by atoms with Gasteiger partial charge in [-0.3, -0.25) is 9.69 Å². The monoisotopic (exact) mass is 459 g/mol. The van der Waals surface area contributed by atoms with Crippen LogP contribution in [0.15, 0.2) is 54.6 Å². The number of benzene rings is 2. The van der Waals surface area contributed by atoms with Crippen LogP contribution in [0.4, 0.5) is 4.79 Å². The van der Waals surface area contributed by atoms with Crippen LogP contribution in [-0.2, 0) is 9.47 Å². The van der Waals surface area contributed by atoms with Gasteiger partial charge in [0.25, 0.3) is 0 Å². The molecule has 6 nitrogen and oxygen atoms in total. The van der Waals surface area contributed by atoms with Crippen LogP contribution in [0.1, 0.15) is 37.0 Å². The molecular weight excluding hydrogens is 430 g/mol. The molecule has 0 aliphatic carbocycles. The normalized spacial score (nSPS) is 15.9. The predicted octanol–water partition coefficient (Wildman–Crippen LogP) is 5.24. The Balaban J connectivity index is 1.54. The Hall–Kier alpha value is -2.57. The molecule has 2 aromatic carbocycles. The Morgan fingerprint density at radius 1 is 1.03 bits per heavy atom. The smallest absolute Gasteiger partial charge is 0.490 e. The molecule has 1 atom stereocenters. The van der Waals surface area contributed by atoms with Crippen molar-refractivity contribution in [1.29, 1.82) is 0 Å². The van der Waals surface area contributed by atoms with Gasteiger partial charge in [-0.15, -0.1) is 0 Å². The summed E-state index contributed by atoms with van der Waals surface area (Å²) in [5.41, 5.74) is 0.657. The van der Waals surface area contributed by atoms with Crippen molar-refractivity contribution in [2.75, 3.05) is 26.2 Å². The fourth-order valence-electron chi connectivity index (χ4n) is 3.73. The van der Waals surface area contributed by atoms with E-state index < -0.39 is 12.3 Å². The number of hydrogen-bond donors (Lipinski definition) is 0. The van der Waals surface area contributed by atoms with Crippen molar-refractivity contribution >= 4 is 23.5 Å². The van der Waals surface area contributed by atoms with Gasteiger partial charge in [-0.05, 0) is 64.0 Å². The largest absolute Gasteiger partial charge is 0.508 e. The Morgan fingerprint density at radius 2 is 1.75 bits per heavy atom. The lowest BCUT2D eigenvalue weighted by molar-refractivity contribution is -0.0202. The Kier molecular flexibility index (Phi) is 8.94. The zero-order chi connectivity index (χ0) is 22.9. The average Bonchev–Trinajstić information content (AvgIpc) is 2.77. The number of carbonyl (C=O) groups is 2. The third-order valence-electron chi connectivity index (χ3n) is 5.30. The van der Waals surface area contributed by atoms with Crippen LogP contribution in [0.2, 0.25) is 5.02 Å². The maximum atomic E-state index is 12.8. The molecule has 1 heterocycles. The summed E-state index contributed by atoms with van der Waals surface area (Å²) in [5, 5.41) is 0.569. The number of ketones is 1. The molecule has 3 rings (SSSR count). The van der Waals surface area contributed by atoms with Gasteiger partial charge in [0.15, 0.2) is 11.9 Å². The molecule has 1 aliphatic rings. The zero-order valence-corrected chi connectivity index (χ0v) is 19.3. The van der Waals surface area contributed by atoms with E-state index in [-0.39, 0.29) is 24.4 Å². The minimum absolute atomic E-state index is 0.0319. The molecular formula is C25H30ClNO5. The Bertz CT molecular complexity index is 881. The summed E-state index contributed by atoms with van der Waals surface area (Å²) < 4.78 is 16.5. The van der Waals surface area contributed by atoms with Crippen LogP contribution >= 0.6 is 11.6 Å². The summed E-state index contributed by atoms with van der Waals surface area (Å²) in [6, 6.07) is 16.5. The van der Waals surface area contributed by atoms with Crippen LogP contribution < -0.4 is 4.74 Å². The number of rotatable bonds is 9. The van der Waals surface area contributed by atoms with Gasteiger partial charge < -0.3 is 14.2 Å². The zero-order valence-electron chi connectivity index (χ0n) is 18.5. The molecule has 32 heavy (non-hydrogen) atoms. The van der Waals surface area contributed by atoms with Crippen molar-refractivity contribution in [3.8, 4) is 5.75 Å². The number of para-hydroxylation sites is 1. The van der Waals surface area contributed by atoms with Crippen molar-refractivity contribution in [2.45, 2.75) is 38.9 Å². The summed E-state index contributed by atoms with van der Waals surface area (Å²) in [7, 11) is 0. The highest BCUT2D eigenvalue weighted by Crippen LogP contribution is 2.24. The molecule has 7 heteroatoms. The molecule has 0 saturated carbocycles. The predicted molar refractivity (Wildman–Crippen MR) is 123 cm³/mol. The van der Waals surface area contributed by atoms with Gasteiger partial charge in [0.2, 0.25) is 0 Å². The number of carbonyl (C=O) groups excluding carboxylic acids is 2.